The zero-order valence-corrected chi connectivity index (χ0v) is 18.3. The molecule has 3 heteroatoms. The first kappa shape index (κ1) is 18.9. The summed E-state index contributed by atoms with van der Waals surface area (Å²) in [7, 11) is 0. The van der Waals surface area contributed by atoms with Crippen molar-refractivity contribution in [3.8, 4) is 22.5 Å². The summed E-state index contributed by atoms with van der Waals surface area (Å²) in [5, 5.41) is 5.53. The van der Waals surface area contributed by atoms with Crippen LogP contribution in [0.5, 0.6) is 0 Å². The molecule has 0 atom stereocenters. The Bertz CT molecular complexity index is 1840. The molecule has 3 aromatic heterocycles. The molecule has 3 heterocycles. The van der Waals surface area contributed by atoms with E-state index in [0.717, 1.165) is 60.6 Å². The summed E-state index contributed by atoms with van der Waals surface area (Å²) >= 11 is 0. The third-order valence-corrected chi connectivity index (χ3v) is 6.47. The molecule has 0 fully saturated rings. The van der Waals surface area contributed by atoms with E-state index in [1.54, 1.807) is 0 Å². The molecular weight excluding hydrogens is 414 g/mol. The van der Waals surface area contributed by atoms with Gasteiger partial charge in [-0.1, -0.05) is 97.1 Å². The predicted octanol–water partition coefficient (Wildman–Crippen LogP) is 7.82. The van der Waals surface area contributed by atoms with Crippen LogP contribution in [0.1, 0.15) is 0 Å². The molecule has 0 saturated heterocycles. The second-order valence-electron chi connectivity index (χ2n) is 8.49. The van der Waals surface area contributed by atoms with Gasteiger partial charge in [0, 0.05) is 44.3 Å². The van der Waals surface area contributed by atoms with Gasteiger partial charge < -0.3 is 0 Å². The van der Waals surface area contributed by atoms with Crippen molar-refractivity contribution < 1.29 is 0 Å². The van der Waals surface area contributed by atoms with Gasteiger partial charge in [0.05, 0.1) is 27.9 Å². The molecule has 0 saturated carbocycles. The van der Waals surface area contributed by atoms with Crippen LogP contribution in [0.15, 0.2) is 115 Å². The SMILES string of the molecule is c1ccc(-c2ccc3ccc4c(ncc5c(-c6ccccc6)nc6ccccc6c54)c3n2)cc1. The maximum absolute atomic E-state index is 5.06. The maximum Gasteiger partial charge on any atom is 0.0972 e. The van der Waals surface area contributed by atoms with Crippen LogP contribution in [0.4, 0.5) is 0 Å². The molecule has 4 aromatic carbocycles. The van der Waals surface area contributed by atoms with Gasteiger partial charge in [0.25, 0.3) is 0 Å². The lowest BCUT2D eigenvalue weighted by molar-refractivity contribution is 1.37. The molecule has 3 nitrogen and oxygen atoms in total. The van der Waals surface area contributed by atoms with Crippen molar-refractivity contribution in [2.45, 2.75) is 0 Å². The first-order valence-corrected chi connectivity index (χ1v) is 11.4. The number of nitrogens with zero attached hydrogens (tertiary/aromatic N) is 3. The summed E-state index contributed by atoms with van der Waals surface area (Å²) in [5.74, 6) is 0. The van der Waals surface area contributed by atoms with Crippen LogP contribution in [-0.2, 0) is 0 Å². The summed E-state index contributed by atoms with van der Waals surface area (Å²) in [6.07, 6.45) is 1.97. The van der Waals surface area contributed by atoms with E-state index < -0.39 is 0 Å². The summed E-state index contributed by atoms with van der Waals surface area (Å²) in [5.41, 5.74) is 6.91. The summed E-state index contributed by atoms with van der Waals surface area (Å²) in [4.78, 5) is 15.1. The molecule has 7 aromatic rings. The van der Waals surface area contributed by atoms with Crippen LogP contribution in [-0.4, -0.2) is 15.0 Å². The fourth-order valence-electron chi connectivity index (χ4n) is 4.86. The second-order valence-corrected chi connectivity index (χ2v) is 8.49. The van der Waals surface area contributed by atoms with Gasteiger partial charge in [-0.15, -0.1) is 0 Å². The quantitative estimate of drug-likeness (QED) is 0.261. The Morgan fingerprint density at radius 3 is 2.00 bits per heavy atom. The molecule has 7 rings (SSSR count). The Labute approximate surface area is 196 Å². The normalized spacial score (nSPS) is 11.5. The van der Waals surface area contributed by atoms with E-state index in [-0.39, 0.29) is 0 Å². The highest BCUT2D eigenvalue weighted by atomic mass is 14.8. The van der Waals surface area contributed by atoms with E-state index in [9.17, 15) is 0 Å². The number of aromatic nitrogens is 3. The Hall–Kier alpha value is -4.63. The molecule has 0 spiro atoms. The summed E-state index contributed by atoms with van der Waals surface area (Å²) in [6, 6.07) is 37.5. The molecule has 34 heavy (non-hydrogen) atoms. The average molecular weight is 434 g/mol. The molecule has 158 valence electrons. The predicted molar refractivity (Wildman–Crippen MR) is 141 cm³/mol. The smallest absolute Gasteiger partial charge is 0.0972 e. The van der Waals surface area contributed by atoms with Gasteiger partial charge in [-0.3, -0.25) is 4.98 Å². The van der Waals surface area contributed by atoms with Gasteiger partial charge in [-0.05, 0) is 12.1 Å². The molecule has 0 aliphatic carbocycles. The zero-order valence-electron chi connectivity index (χ0n) is 18.3. The van der Waals surface area contributed by atoms with Gasteiger partial charge in [-0.2, -0.15) is 0 Å². The molecular formula is C31H19N3. The molecule has 0 amide bonds. The second kappa shape index (κ2) is 7.46. The van der Waals surface area contributed by atoms with Crippen molar-refractivity contribution in [1.29, 1.82) is 0 Å². The van der Waals surface area contributed by atoms with Crippen molar-refractivity contribution in [3.05, 3.63) is 115 Å². The minimum atomic E-state index is 0.915. The molecule has 0 radical (unpaired) electrons. The van der Waals surface area contributed by atoms with E-state index in [0.29, 0.717) is 0 Å². The van der Waals surface area contributed by atoms with E-state index in [1.165, 1.54) is 5.39 Å². The number of pyridine rings is 3. The topological polar surface area (TPSA) is 38.7 Å². The fraction of sp³-hybridized carbons (Fsp3) is 0. The Morgan fingerprint density at radius 1 is 0.471 bits per heavy atom. The van der Waals surface area contributed by atoms with Gasteiger partial charge >= 0.3 is 0 Å². The van der Waals surface area contributed by atoms with Gasteiger partial charge in [0.2, 0.25) is 0 Å². The van der Waals surface area contributed by atoms with Crippen LogP contribution < -0.4 is 0 Å². The highest BCUT2D eigenvalue weighted by Crippen LogP contribution is 2.37. The standard InChI is InChI=1S/C31H19N3/c1-3-9-20(10-4-1)26-18-16-22-15-17-24-28-23-13-7-8-14-27(23)34-29(21-11-5-2-6-12-21)25(28)19-32-31(24)30(22)33-26/h1-19H. The zero-order chi connectivity index (χ0) is 22.5. The molecule has 0 N–H and O–H groups in total. The minimum Gasteiger partial charge on any atom is -0.253 e. The largest absolute Gasteiger partial charge is 0.253 e. The van der Waals surface area contributed by atoms with Crippen molar-refractivity contribution >= 4 is 43.5 Å². The summed E-state index contributed by atoms with van der Waals surface area (Å²) in [6.45, 7) is 0. The van der Waals surface area contributed by atoms with Crippen LogP contribution in [0.2, 0.25) is 0 Å². The van der Waals surface area contributed by atoms with Crippen LogP contribution in [0.25, 0.3) is 66.0 Å². The van der Waals surface area contributed by atoms with Crippen LogP contribution in [0.3, 0.4) is 0 Å². The van der Waals surface area contributed by atoms with Gasteiger partial charge in [0.1, 0.15) is 0 Å². The number of para-hydroxylation sites is 1. The van der Waals surface area contributed by atoms with Crippen LogP contribution in [0, 0.1) is 0 Å². The number of benzene rings is 4. The van der Waals surface area contributed by atoms with Crippen molar-refractivity contribution in [2.75, 3.05) is 0 Å². The highest BCUT2D eigenvalue weighted by Gasteiger charge is 2.15. The van der Waals surface area contributed by atoms with Crippen molar-refractivity contribution in [2.24, 2.45) is 0 Å². The van der Waals surface area contributed by atoms with E-state index >= 15 is 0 Å². The molecule has 0 aliphatic heterocycles. The number of fused-ring (bicyclic) bond motifs is 7. The van der Waals surface area contributed by atoms with E-state index in [4.69, 9.17) is 15.0 Å². The molecule has 0 bridgehead atoms. The average Bonchev–Trinajstić information content (AvgIpc) is 2.92. The third-order valence-electron chi connectivity index (χ3n) is 6.47. The lowest BCUT2D eigenvalue weighted by Gasteiger charge is -2.13. The number of hydrogen-bond donors (Lipinski definition) is 0. The number of rotatable bonds is 2. The highest BCUT2D eigenvalue weighted by molar-refractivity contribution is 6.24. The minimum absolute atomic E-state index is 0.915. The fourth-order valence-corrected chi connectivity index (χ4v) is 4.86. The Morgan fingerprint density at radius 2 is 1.18 bits per heavy atom. The van der Waals surface area contributed by atoms with Crippen molar-refractivity contribution in [1.82, 2.24) is 15.0 Å². The number of hydrogen-bond acceptors (Lipinski definition) is 3. The van der Waals surface area contributed by atoms with Crippen molar-refractivity contribution in [3.63, 3.8) is 0 Å². The first-order chi connectivity index (χ1) is 16.9. The first-order valence-electron chi connectivity index (χ1n) is 11.4. The monoisotopic (exact) mass is 433 g/mol. The molecule has 0 unspecified atom stereocenters. The summed E-state index contributed by atoms with van der Waals surface area (Å²) < 4.78 is 0. The van der Waals surface area contributed by atoms with E-state index in [2.05, 4.69) is 78.9 Å². The lowest BCUT2D eigenvalue weighted by Crippen LogP contribution is -1.94. The van der Waals surface area contributed by atoms with Gasteiger partial charge in [0.15, 0.2) is 0 Å². The van der Waals surface area contributed by atoms with E-state index in [1.807, 2.05) is 36.5 Å². The maximum atomic E-state index is 5.06. The lowest BCUT2D eigenvalue weighted by atomic mass is 9.97. The van der Waals surface area contributed by atoms with Gasteiger partial charge in [-0.25, -0.2) is 9.97 Å². The third kappa shape index (κ3) is 2.87. The molecule has 0 aliphatic rings. The Balaban J connectivity index is 1.62. The Kier molecular flexibility index (Phi) is 4.15. The van der Waals surface area contributed by atoms with Crippen LogP contribution >= 0.6 is 0 Å².